The van der Waals surface area contributed by atoms with E-state index in [4.69, 9.17) is 0 Å². The summed E-state index contributed by atoms with van der Waals surface area (Å²) in [6.45, 7) is 4.08. The van der Waals surface area contributed by atoms with Crippen molar-refractivity contribution >= 4 is 17.7 Å². The van der Waals surface area contributed by atoms with Crippen LogP contribution in [0, 0.1) is 0 Å². The van der Waals surface area contributed by atoms with E-state index in [0.29, 0.717) is 0 Å². The average molecular weight is 262 g/mol. The van der Waals surface area contributed by atoms with Crippen molar-refractivity contribution in [2.45, 2.75) is 18.7 Å². The Hall–Kier alpha value is -1.48. The zero-order chi connectivity index (χ0) is 13.4. The molecule has 0 saturated heterocycles. The molecule has 96 valence electrons. The van der Waals surface area contributed by atoms with Gasteiger partial charge in [-0.15, -0.1) is 11.8 Å². The minimum atomic E-state index is -0.321. The molecule has 0 aliphatic rings. The highest BCUT2D eigenvalue weighted by Gasteiger charge is 1.98. The van der Waals surface area contributed by atoms with Crippen LogP contribution in [0.3, 0.4) is 0 Å². The van der Waals surface area contributed by atoms with E-state index in [1.165, 1.54) is 23.7 Å². The Labute approximate surface area is 113 Å². The van der Waals surface area contributed by atoms with Crippen LogP contribution >= 0.6 is 11.8 Å². The maximum Gasteiger partial charge on any atom is 0.330 e. The highest BCUT2D eigenvalue weighted by Crippen LogP contribution is 2.21. The SMILES string of the molecule is COC(=O)/C=C/C(C)=C(\C)CSc1ccccc1. The van der Waals surface area contributed by atoms with Crippen LogP contribution in [0.25, 0.3) is 0 Å². The van der Waals surface area contributed by atoms with E-state index in [0.717, 1.165) is 11.3 Å². The van der Waals surface area contributed by atoms with Crippen molar-refractivity contribution in [1.82, 2.24) is 0 Å². The molecule has 0 aliphatic heterocycles. The molecule has 0 saturated carbocycles. The Morgan fingerprint density at radius 2 is 1.89 bits per heavy atom. The maximum atomic E-state index is 11.0. The molecule has 18 heavy (non-hydrogen) atoms. The Bertz CT molecular complexity index is 447. The van der Waals surface area contributed by atoms with Crippen molar-refractivity contribution in [3.8, 4) is 0 Å². The van der Waals surface area contributed by atoms with Gasteiger partial charge in [-0.1, -0.05) is 35.4 Å². The number of carbonyl (C=O) groups is 1. The van der Waals surface area contributed by atoms with Crippen molar-refractivity contribution in [3.05, 3.63) is 53.6 Å². The second-order valence-electron chi connectivity index (χ2n) is 3.92. The van der Waals surface area contributed by atoms with E-state index >= 15 is 0 Å². The topological polar surface area (TPSA) is 26.3 Å². The van der Waals surface area contributed by atoms with Crippen LogP contribution in [-0.4, -0.2) is 18.8 Å². The fourth-order valence-corrected chi connectivity index (χ4v) is 2.19. The molecule has 0 radical (unpaired) electrons. The standard InChI is InChI=1S/C15H18O2S/c1-12(9-10-15(16)17-3)13(2)11-18-14-7-5-4-6-8-14/h4-10H,11H2,1-3H3/b10-9+,13-12+. The molecule has 3 heteroatoms. The van der Waals surface area contributed by atoms with Gasteiger partial charge in [0.25, 0.3) is 0 Å². The molecule has 0 bridgehead atoms. The number of allylic oxidation sites excluding steroid dienone is 2. The van der Waals surface area contributed by atoms with E-state index in [9.17, 15) is 4.79 Å². The predicted octanol–water partition coefficient (Wildman–Crippen LogP) is 3.84. The van der Waals surface area contributed by atoms with Crippen LogP contribution in [0.1, 0.15) is 13.8 Å². The van der Waals surface area contributed by atoms with Crippen LogP contribution in [-0.2, 0) is 9.53 Å². The molecule has 1 aromatic rings. The summed E-state index contributed by atoms with van der Waals surface area (Å²) in [5.41, 5.74) is 2.35. The molecular formula is C15H18O2S. The van der Waals surface area contributed by atoms with Gasteiger partial charge in [-0.2, -0.15) is 0 Å². The summed E-state index contributed by atoms with van der Waals surface area (Å²) in [4.78, 5) is 12.2. The fourth-order valence-electron chi connectivity index (χ4n) is 1.23. The lowest BCUT2D eigenvalue weighted by atomic mass is 10.1. The van der Waals surface area contributed by atoms with Crippen molar-refractivity contribution in [2.75, 3.05) is 12.9 Å². The van der Waals surface area contributed by atoms with Crippen LogP contribution in [0.4, 0.5) is 0 Å². The highest BCUT2D eigenvalue weighted by atomic mass is 32.2. The summed E-state index contributed by atoms with van der Waals surface area (Å²) in [5.74, 6) is 0.597. The zero-order valence-corrected chi connectivity index (χ0v) is 11.8. The lowest BCUT2D eigenvalue weighted by Gasteiger charge is -2.04. The van der Waals surface area contributed by atoms with Gasteiger partial charge in [-0.25, -0.2) is 4.79 Å². The molecule has 0 fully saturated rings. The number of hydrogen-bond acceptors (Lipinski definition) is 3. The smallest absolute Gasteiger partial charge is 0.330 e. The first-order chi connectivity index (χ1) is 8.63. The Morgan fingerprint density at radius 3 is 2.50 bits per heavy atom. The normalized spacial score (nSPS) is 12.4. The Kier molecular flexibility index (Phi) is 6.29. The Balaban J connectivity index is 2.55. The number of benzene rings is 1. The molecule has 1 rings (SSSR count). The third-order valence-corrected chi connectivity index (χ3v) is 3.73. The second kappa shape index (κ2) is 7.77. The van der Waals surface area contributed by atoms with Crippen molar-refractivity contribution in [3.63, 3.8) is 0 Å². The number of esters is 1. The molecule has 0 spiro atoms. The molecule has 0 atom stereocenters. The third-order valence-electron chi connectivity index (χ3n) is 2.54. The van der Waals surface area contributed by atoms with Crippen LogP contribution in [0.15, 0.2) is 58.5 Å². The average Bonchev–Trinajstić information content (AvgIpc) is 2.42. The van der Waals surface area contributed by atoms with Gasteiger partial charge in [0.1, 0.15) is 0 Å². The lowest BCUT2D eigenvalue weighted by molar-refractivity contribution is -0.134. The summed E-state index contributed by atoms with van der Waals surface area (Å²) in [6, 6.07) is 10.3. The third kappa shape index (κ3) is 5.23. The van der Waals surface area contributed by atoms with Gasteiger partial charge in [0.15, 0.2) is 0 Å². The van der Waals surface area contributed by atoms with Gasteiger partial charge in [0.2, 0.25) is 0 Å². The molecular weight excluding hydrogens is 244 g/mol. The molecule has 0 N–H and O–H groups in total. The predicted molar refractivity (Wildman–Crippen MR) is 76.7 cm³/mol. The minimum Gasteiger partial charge on any atom is -0.466 e. The molecule has 0 amide bonds. The first-order valence-electron chi connectivity index (χ1n) is 5.73. The van der Waals surface area contributed by atoms with E-state index in [2.05, 4.69) is 23.8 Å². The first-order valence-corrected chi connectivity index (χ1v) is 6.72. The van der Waals surface area contributed by atoms with Crippen LogP contribution in [0.5, 0.6) is 0 Å². The van der Waals surface area contributed by atoms with Crippen molar-refractivity contribution < 1.29 is 9.53 Å². The quantitative estimate of drug-likeness (QED) is 0.349. The van der Waals surface area contributed by atoms with Gasteiger partial charge in [0, 0.05) is 16.7 Å². The van der Waals surface area contributed by atoms with Crippen LogP contribution in [0.2, 0.25) is 0 Å². The monoisotopic (exact) mass is 262 g/mol. The van der Waals surface area contributed by atoms with E-state index in [1.807, 2.05) is 25.1 Å². The van der Waals surface area contributed by atoms with Crippen molar-refractivity contribution in [2.24, 2.45) is 0 Å². The van der Waals surface area contributed by atoms with Gasteiger partial charge in [-0.05, 0) is 26.0 Å². The summed E-state index contributed by atoms with van der Waals surface area (Å²) in [7, 11) is 1.38. The second-order valence-corrected chi connectivity index (χ2v) is 4.97. The molecule has 0 heterocycles. The molecule has 0 unspecified atom stereocenters. The maximum absolute atomic E-state index is 11.0. The number of hydrogen-bond donors (Lipinski definition) is 0. The van der Waals surface area contributed by atoms with Crippen LogP contribution < -0.4 is 0 Å². The zero-order valence-electron chi connectivity index (χ0n) is 11.0. The Morgan fingerprint density at radius 1 is 1.22 bits per heavy atom. The minimum absolute atomic E-state index is 0.321. The number of carbonyl (C=O) groups excluding carboxylic acids is 1. The largest absolute Gasteiger partial charge is 0.466 e. The van der Waals surface area contributed by atoms with E-state index in [-0.39, 0.29) is 5.97 Å². The summed E-state index contributed by atoms with van der Waals surface area (Å²) in [6.07, 6.45) is 3.25. The molecule has 0 aromatic heterocycles. The summed E-state index contributed by atoms with van der Waals surface area (Å²) < 4.78 is 4.56. The number of ether oxygens (including phenoxy) is 1. The summed E-state index contributed by atoms with van der Waals surface area (Å²) >= 11 is 1.79. The summed E-state index contributed by atoms with van der Waals surface area (Å²) in [5, 5.41) is 0. The van der Waals surface area contributed by atoms with Gasteiger partial charge in [-0.3, -0.25) is 0 Å². The molecule has 2 nitrogen and oxygen atoms in total. The number of thioether (sulfide) groups is 1. The van der Waals surface area contributed by atoms with E-state index in [1.54, 1.807) is 17.8 Å². The highest BCUT2D eigenvalue weighted by molar-refractivity contribution is 7.99. The fraction of sp³-hybridized carbons (Fsp3) is 0.267. The number of rotatable bonds is 5. The van der Waals surface area contributed by atoms with E-state index < -0.39 is 0 Å². The van der Waals surface area contributed by atoms with Gasteiger partial charge >= 0.3 is 5.97 Å². The van der Waals surface area contributed by atoms with Crippen molar-refractivity contribution in [1.29, 1.82) is 0 Å². The van der Waals surface area contributed by atoms with Gasteiger partial charge < -0.3 is 4.74 Å². The van der Waals surface area contributed by atoms with Gasteiger partial charge in [0.05, 0.1) is 7.11 Å². The first kappa shape index (κ1) is 14.6. The molecule has 1 aromatic carbocycles. The molecule has 0 aliphatic carbocycles. The lowest BCUT2D eigenvalue weighted by Crippen LogP contribution is -1.94. The number of methoxy groups -OCH3 is 1.